The van der Waals surface area contributed by atoms with Crippen molar-refractivity contribution in [2.24, 2.45) is 0 Å². The molecule has 0 spiro atoms. The van der Waals surface area contributed by atoms with Crippen molar-refractivity contribution < 1.29 is 18.3 Å². The Morgan fingerprint density at radius 3 is 2.38 bits per heavy atom. The van der Waals surface area contributed by atoms with Gasteiger partial charge in [0.15, 0.2) is 0 Å². The quantitative estimate of drug-likeness (QED) is 0.426. The van der Waals surface area contributed by atoms with Crippen molar-refractivity contribution in [3.05, 3.63) is 70.2 Å². The van der Waals surface area contributed by atoms with Gasteiger partial charge in [0.05, 0.1) is 16.1 Å². The third-order valence-corrected chi connectivity index (χ3v) is 7.26. The maximum absolute atomic E-state index is 13.9. The predicted octanol–water partition coefficient (Wildman–Crippen LogP) is 5.86. The number of benzene rings is 3. The number of nitrogens with zero attached hydrogens (tertiary/aromatic N) is 2. The van der Waals surface area contributed by atoms with Crippen LogP contribution in [0.15, 0.2) is 59.5 Å². The first kappa shape index (κ1) is 23.9. The van der Waals surface area contributed by atoms with Gasteiger partial charge in [0.1, 0.15) is 12.1 Å². The maximum atomic E-state index is 13.9. The SMILES string of the molecule is CCCCC(C(=O)O)N(c1c(C#N)ccc2ccccc12)S(=O)(=O)c1cc(Cl)cc(Cl)c1. The Hall–Kier alpha value is -2.79. The number of carboxylic acids is 1. The number of aliphatic carboxylic acids is 1. The molecule has 9 heteroatoms. The van der Waals surface area contributed by atoms with Crippen LogP contribution in [-0.4, -0.2) is 25.5 Å². The van der Waals surface area contributed by atoms with Crippen LogP contribution in [-0.2, 0) is 14.8 Å². The van der Waals surface area contributed by atoms with Crippen molar-refractivity contribution in [1.29, 1.82) is 5.26 Å². The lowest BCUT2D eigenvalue weighted by Gasteiger charge is -2.32. The van der Waals surface area contributed by atoms with Gasteiger partial charge in [-0.25, -0.2) is 13.2 Å². The Morgan fingerprint density at radius 2 is 1.78 bits per heavy atom. The van der Waals surface area contributed by atoms with Crippen molar-refractivity contribution in [2.45, 2.75) is 37.1 Å². The summed E-state index contributed by atoms with van der Waals surface area (Å²) >= 11 is 12.1. The second kappa shape index (κ2) is 9.78. The number of fused-ring (bicyclic) bond motifs is 1. The second-order valence-corrected chi connectivity index (χ2v) is 9.88. The van der Waals surface area contributed by atoms with E-state index in [1.165, 1.54) is 24.3 Å². The molecule has 6 nitrogen and oxygen atoms in total. The normalized spacial score (nSPS) is 12.3. The lowest BCUT2D eigenvalue weighted by Crippen LogP contribution is -2.45. The third kappa shape index (κ3) is 4.68. The van der Waals surface area contributed by atoms with Gasteiger partial charge in [0, 0.05) is 15.4 Å². The monoisotopic (exact) mass is 490 g/mol. The summed E-state index contributed by atoms with van der Waals surface area (Å²) in [5.41, 5.74) is 0.0633. The molecule has 0 aliphatic heterocycles. The van der Waals surface area contributed by atoms with E-state index >= 15 is 0 Å². The lowest BCUT2D eigenvalue weighted by molar-refractivity contribution is -0.138. The van der Waals surface area contributed by atoms with Crippen LogP contribution in [0.25, 0.3) is 10.8 Å². The lowest BCUT2D eigenvalue weighted by atomic mass is 10.0. The molecule has 1 N–H and O–H groups in total. The zero-order chi connectivity index (χ0) is 23.5. The van der Waals surface area contributed by atoms with Gasteiger partial charge >= 0.3 is 5.97 Å². The van der Waals surface area contributed by atoms with E-state index in [9.17, 15) is 23.6 Å². The van der Waals surface area contributed by atoms with Gasteiger partial charge in [-0.2, -0.15) is 5.26 Å². The molecule has 3 rings (SSSR count). The van der Waals surface area contributed by atoms with Gasteiger partial charge in [-0.05, 0) is 36.1 Å². The minimum absolute atomic E-state index is 0.0187. The molecule has 0 heterocycles. The second-order valence-electron chi connectivity index (χ2n) is 7.20. The Labute approximate surface area is 196 Å². The number of sulfonamides is 1. The Kier molecular flexibility index (Phi) is 7.29. The van der Waals surface area contributed by atoms with Gasteiger partial charge in [0.25, 0.3) is 10.0 Å². The number of hydrogen-bond donors (Lipinski definition) is 1. The van der Waals surface area contributed by atoms with Crippen LogP contribution in [0.4, 0.5) is 5.69 Å². The summed E-state index contributed by atoms with van der Waals surface area (Å²) in [6.45, 7) is 1.88. The zero-order valence-electron chi connectivity index (χ0n) is 17.1. The molecule has 0 aliphatic rings. The molecule has 0 saturated heterocycles. The van der Waals surface area contributed by atoms with Crippen LogP contribution in [0.1, 0.15) is 31.7 Å². The molecule has 3 aromatic carbocycles. The predicted molar refractivity (Wildman–Crippen MR) is 126 cm³/mol. The minimum Gasteiger partial charge on any atom is -0.480 e. The number of nitriles is 1. The van der Waals surface area contributed by atoms with Crippen molar-refractivity contribution in [3.8, 4) is 6.07 Å². The summed E-state index contributed by atoms with van der Waals surface area (Å²) in [5.74, 6) is -1.31. The molecule has 0 bridgehead atoms. The number of anilines is 1. The van der Waals surface area contributed by atoms with E-state index < -0.39 is 22.0 Å². The summed E-state index contributed by atoms with van der Waals surface area (Å²) in [6.07, 6.45) is 1.21. The topological polar surface area (TPSA) is 98.5 Å². The van der Waals surface area contributed by atoms with E-state index in [1.54, 1.807) is 30.3 Å². The largest absolute Gasteiger partial charge is 0.480 e. The van der Waals surface area contributed by atoms with Crippen LogP contribution in [0.2, 0.25) is 10.0 Å². The number of rotatable bonds is 8. The highest BCUT2D eigenvalue weighted by atomic mass is 35.5. The first-order valence-electron chi connectivity index (χ1n) is 9.86. The summed E-state index contributed by atoms with van der Waals surface area (Å²) < 4.78 is 28.6. The molecule has 166 valence electrons. The first-order chi connectivity index (χ1) is 15.2. The fourth-order valence-corrected chi connectivity index (χ4v) is 5.96. The van der Waals surface area contributed by atoms with Crippen LogP contribution in [0.5, 0.6) is 0 Å². The molecule has 3 aromatic rings. The Balaban J connectivity index is 2.41. The zero-order valence-corrected chi connectivity index (χ0v) is 19.5. The van der Waals surface area contributed by atoms with Crippen LogP contribution in [0, 0.1) is 11.3 Å². The molecule has 0 aliphatic carbocycles. The van der Waals surface area contributed by atoms with E-state index in [0.717, 1.165) is 4.31 Å². The van der Waals surface area contributed by atoms with Crippen molar-refractivity contribution in [3.63, 3.8) is 0 Å². The van der Waals surface area contributed by atoms with Crippen LogP contribution < -0.4 is 4.31 Å². The van der Waals surface area contributed by atoms with Crippen LogP contribution >= 0.6 is 23.2 Å². The van der Waals surface area contributed by atoms with Gasteiger partial charge in [-0.3, -0.25) is 4.31 Å². The van der Waals surface area contributed by atoms with E-state index in [1.807, 2.05) is 13.0 Å². The smallest absolute Gasteiger partial charge is 0.327 e. The number of halogens is 2. The molecule has 0 saturated carbocycles. The first-order valence-corrected chi connectivity index (χ1v) is 12.1. The highest BCUT2D eigenvalue weighted by molar-refractivity contribution is 7.93. The van der Waals surface area contributed by atoms with Gasteiger partial charge in [0.2, 0.25) is 0 Å². The maximum Gasteiger partial charge on any atom is 0.327 e. The average Bonchev–Trinajstić information content (AvgIpc) is 2.75. The summed E-state index contributed by atoms with van der Waals surface area (Å²) in [4.78, 5) is 12.1. The Morgan fingerprint density at radius 1 is 1.12 bits per heavy atom. The standard InChI is InChI=1S/C23H20Cl2N2O4S/c1-2-3-8-21(23(28)29)27(32(30,31)19-12-17(24)11-18(25)13-19)22-16(14-26)10-9-15-6-4-5-7-20(15)22/h4-7,9-13,21H,2-3,8H2,1H3,(H,28,29). The highest BCUT2D eigenvalue weighted by Gasteiger charge is 2.38. The van der Waals surface area contributed by atoms with Crippen molar-refractivity contribution in [1.82, 2.24) is 0 Å². The molecule has 0 radical (unpaired) electrons. The molecule has 32 heavy (non-hydrogen) atoms. The number of hydrogen-bond acceptors (Lipinski definition) is 4. The van der Waals surface area contributed by atoms with Gasteiger partial charge in [-0.1, -0.05) is 73.3 Å². The fraction of sp³-hybridized carbons (Fsp3) is 0.217. The van der Waals surface area contributed by atoms with E-state index in [2.05, 4.69) is 0 Å². The van der Waals surface area contributed by atoms with Crippen LogP contribution in [0.3, 0.4) is 0 Å². The van der Waals surface area contributed by atoms with E-state index in [4.69, 9.17) is 23.2 Å². The van der Waals surface area contributed by atoms with E-state index in [0.29, 0.717) is 23.6 Å². The highest BCUT2D eigenvalue weighted by Crippen LogP contribution is 2.38. The fourth-order valence-electron chi connectivity index (χ4n) is 3.56. The third-order valence-electron chi connectivity index (χ3n) is 5.03. The number of carboxylic acid groups (broad SMARTS) is 1. The molecular formula is C23H20Cl2N2O4S. The van der Waals surface area contributed by atoms with Gasteiger partial charge < -0.3 is 5.11 Å². The summed E-state index contributed by atoms with van der Waals surface area (Å²) in [6, 6.07) is 14.5. The Bertz CT molecular complexity index is 1300. The number of carbonyl (C=O) groups is 1. The summed E-state index contributed by atoms with van der Waals surface area (Å²) in [7, 11) is -4.47. The number of unbranched alkanes of at least 4 members (excludes halogenated alkanes) is 1. The summed E-state index contributed by atoms with van der Waals surface area (Å²) in [5, 5.41) is 21.1. The molecule has 0 amide bonds. The molecule has 1 unspecified atom stereocenters. The molecule has 0 aromatic heterocycles. The molecule has 0 fully saturated rings. The minimum atomic E-state index is -4.47. The van der Waals surface area contributed by atoms with Gasteiger partial charge in [-0.15, -0.1) is 0 Å². The molecule has 1 atom stereocenters. The van der Waals surface area contributed by atoms with E-state index in [-0.39, 0.29) is 32.6 Å². The average molecular weight is 491 g/mol. The molecular weight excluding hydrogens is 471 g/mol. The van der Waals surface area contributed by atoms with Crippen molar-refractivity contribution >= 4 is 55.7 Å². The van der Waals surface area contributed by atoms with Crippen molar-refractivity contribution in [2.75, 3.05) is 4.31 Å².